The van der Waals surface area contributed by atoms with Gasteiger partial charge in [0.15, 0.2) is 16.6 Å². The van der Waals surface area contributed by atoms with E-state index in [2.05, 4.69) is 30.9 Å². The van der Waals surface area contributed by atoms with E-state index in [0.717, 1.165) is 15.8 Å². The van der Waals surface area contributed by atoms with Crippen molar-refractivity contribution in [3.8, 4) is 0 Å². The molecule has 3 heterocycles. The van der Waals surface area contributed by atoms with Gasteiger partial charge in [-0.15, -0.1) is 10.2 Å². The molecule has 0 atom stereocenters. The van der Waals surface area contributed by atoms with Gasteiger partial charge in [0.2, 0.25) is 5.91 Å². The zero-order valence-corrected chi connectivity index (χ0v) is 20.4. The van der Waals surface area contributed by atoms with Gasteiger partial charge in [-0.2, -0.15) is 9.61 Å². The molecule has 0 spiro atoms. The van der Waals surface area contributed by atoms with Crippen LogP contribution in [0.1, 0.15) is 21.7 Å². The van der Waals surface area contributed by atoms with Gasteiger partial charge in [0.25, 0.3) is 5.91 Å². The summed E-state index contributed by atoms with van der Waals surface area (Å²) in [4.78, 5) is 29.2. The zero-order valence-electron chi connectivity index (χ0n) is 18.8. The van der Waals surface area contributed by atoms with Crippen LogP contribution in [0.15, 0.2) is 65.7 Å². The third-order valence-electron chi connectivity index (χ3n) is 5.14. The van der Waals surface area contributed by atoms with Crippen molar-refractivity contribution in [3.63, 3.8) is 0 Å². The molecule has 5 aromatic rings. The number of amides is 2. The van der Waals surface area contributed by atoms with Gasteiger partial charge >= 0.3 is 0 Å². The quantitative estimate of drug-likeness (QED) is 0.310. The van der Waals surface area contributed by atoms with E-state index in [0.29, 0.717) is 40.2 Å². The monoisotopic (exact) mass is 503 g/mol. The Hall–Kier alpha value is -3.83. The Kier molecular flexibility index (Phi) is 6.68. The number of fused-ring (bicyclic) bond motifs is 2. The maximum Gasteiger partial charge on any atom is 0.251 e. The van der Waals surface area contributed by atoms with Gasteiger partial charge in [0.05, 0.1) is 16.0 Å². The number of anilines is 1. The number of benzene rings is 2. The van der Waals surface area contributed by atoms with E-state index in [1.807, 2.05) is 55.5 Å². The highest BCUT2D eigenvalue weighted by Gasteiger charge is 2.12. The molecular weight excluding hydrogens is 482 g/mol. The second-order valence-corrected chi connectivity index (χ2v) is 9.78. The number of rotatable bonds is 8. The molecule has 176 valence electrons. The van der Waals surface area contributed by atoms with Crippen molar-refractivity contribution < 1.29 is 9.59 Å². The number of para-hydroxylation sites is 1. The van der Waals surface area contributed by atoms with Gasteiger partial charge in [-0.25, -0.2) is 4.98 Å². The lowest BCUT2D eigenvalue weighted by molar-refractivity contribution is -0.113. The smallest absolute Gasteiger partial charge is 0.251 e. The molecule has 0 aliphatic carbocycles. The molecule has 11 heteroatoms. The minimum atomic E-state index is -0.154. The molecule has 3 aromatic heterocycles. The van der Waals surface area contributed by atoms with Crippen LogP contribution >= 0.6 is 23.1 Å². The molecule has 0 aliphatic rings. The molecule has 5 rings (SSSR count). The van der Waals surface area contributed by atoms with Crippen LogP contribution in [-0.2, 0) is 11.2 Å². The number of thiazole rings is 1. The highest BCUT2D eigenvalue weighted by Crippen LogP contribution is 2.25. The molecule has 0 saturated carbocycles. The third-order valence-corrected chi connectivity index (χ3v) is 7.01. The van der Waals surface area contributed by atoms with Crippen molar-refractivity contribution in [2.45, 2.75) is 18.4 Å². The minimum Gasteiger partial charge on any atom is -0.352 e. The first kappa shape index (κ1) is 22.9. The first-order valence-corrected chi connectivity index (χ1v) is 12.7. The Morgan fingerprint density at radius 1 is 1.03 bits per heavy atom. The summed E-state index contributed by atoms with van der Waals surface area (Å²) in [5.41, 5.74) is 3.18. The molecule has 2 N–H and O–H groups in total. The average Bonchev–Trinajstić information content (AvgIpc) is 3.46. The molecule has 0 aliphatic heterocycles. The van der Waals surface area contributed by atoms with Crippen molar-refractivity contribution in [1.82, 2.24) is 30.1 Å². The highest BCUT2D eigenvalue weighted by molar-refractivity contribution is 7.99. The largest absolute Gasteiger partial charge is 0.352 e. The molecule has 2 aromatic carbocycles. The number of nitrogens with zero attached hydrogens (tertiary/aromatic N) is 5. The Morgan fingerprint density at radius 2 is 1.86 bits per heavy atom. The van der Waals surface area contributed by atoms with Crippen molar-refractivity contribution >= 4 is 55.9 Å². The van der Waals surface area contributed by atoms with E-state index in [-0.39, 0.29) is 17.6 Å². The summed E-state index contributed by atoms with van der Waals surface area (Å²) in [5.74, 6) is 0.532. The second-order valence-electron chi connectivity index (χ2n) is 7.75. The Bertz CT molecular complexity index is 1480. The average molecular weight is 504 g/mol. The van der Waals surface area contributed by atoms with Crippen LogP contribution in [-0.4, -0.2) is 48.9 Å². The number of hydrogen-bond donors (Lipinski definition) is 2. The molecule has 0 unspecified atom stereocenters. The summed E-state index contributed by atoms with van der Waals surface area (Å²) in [6.45, 7) is 2.38. The lowest BCUT2D eigenvalue weighted by Crippen LogP contribution is -2.26. The van der Waals surface area contributed by atoms with Gasteiger partial charge in [0, 0.05) is 18.5 Å². The topological polar surface area (TPSA) is 114 Å². The summed E-state index contributed by atoms with van der Waals surface area (Å²) in [5, 5.41) is 19.9. The highest BCUT2D eigenvalue weighted by atomic mass is 32.2. The number of nitrogens with one attached hydrogen (secondary N) is 2. The molecule has 35 heavy (non-hydrogen) atoms. The number of aryl methyl sites for hydroxylation is 1. The van der Waals surface area contributed by atoms with Gasteiger partial charge in [0.1, 0.15) is 5.03 Å². The number of carbonyl (C=O) groups is 2. The fraction of sp³-hybridized carbons (Fsp3) is 0.167. The van der Waals surface area contributed by atoms with Crippen LogP contribution in [0.3, 0.4) is 0 Å². The first-order valence-electron chi connectivity index (χ1n) is 10.9. The van der Waals surface area contributed by atoms with Crippen LogP contribution in [0.25, 0.3) is 15.9 Å². The van der Waals surface area contributed by atoms with E-state index >= 15 is 0 Å². The zero-order chi connectivity index (χ0) is 24.2. The summed E-state index contributed by atoms with van der Waals surface area (Å²) in [6.07, 6.45) is 0.470. The first-order chi connectivity index (χ1) is 17.0. The normalized spacial score (nSPS) is 11.1. The number of aromatic nitrogens is 5. The van der Waals surface area contributed by atoms with E-state index in [4.69, 9.17) is 0 Å². The van der Waals surface area contributed by atoms with Gasteiger partial charge < -0.3 is 10.6 Å². The second kappa shape index (κ2) is 10.2. The van der Waals surface area contributed by atoms with Gasteiger partial charge in [-0.1, -0.05) is 52.9 Å². The Labute approximate surface area is 209 Å². The van der Waals surface area contributed by atoms with E-state index in [9.17, 15) is 9.59 Å². The molecule has 0 fully saturated rings. The van der Waals surface area contributed by atoms with Gasteiger partial charge in [-0.3, -0.25) is 9.59 Å². The predicted molar refractivity (Wildman–Crippen MR) is 137 cm³/mol. The molecule has 2 amide bonds. The fourth-order valence-electron chi connectivity index (χ4n) is 3.36. The molecule has 0 radical (unpaired) electrons. The van der Waals surface area contributed by atoms with Crippen LogP contribution in [0.4, 0.5) is 5.13 Å². The summed E-state index contributed by atoms with van der Waals surface area (Å²) in [7, 11) is 0. The SMILES string of the molecule is Cc1ccc(C(=O)NCCc2nnc3ccc(SCC(=O)Nc4nc5ccccc5s4)nn23)cc1. The lowest BCUT2D eigenvalue weighted by atomic mass is 10.1. The number of carbonyl (C=O) groups excluding carboxylic acids is 2. The summed E-state index contributed by atoms with van der Waals surface area (Å²) in [6, 6.07) is 18.8. The number of hydrogen-bond acceptors (Lipinski definition) is 8. The minimum absolute atomic E-state index is 0.137. The van der Waals surface area contributed by atoms with Crippen LogP contribution in [0, 0.1) is 6.92 Å². The third kappa shape index (κ3) is 5.47. The molecule has 0 saturated heterocycles. The van der Waals surface area contributed by atoms with Crippen LogP contribution < -0.4 is 10.6 Å². The predicted octanol–water partition coefficient (Wildman–Crippen LogP) is 3.75. The van der Waals surface area contributed by atoms with Crippen molar-refractivity contribution in [1.29, 1.82) is 0 Å². The number of thioether (sulfide) groups is 1. The molecular formula is C24H21N7O2S2. The van der Waals surface area contributed by atoms with Crippen molar-refractivity contribution in [3.05, 3.63) is 77.6 Å². The standard InChI is InChI=1S/C24H21N7O2S2/c1-15-6-8-16(9-7-15)23(33)25-13-12-20-29-28-19-10-11-22(30-31(19)20)34-14-21(32)27-24-26-17-4-2-3-5-18(17)35-24/h2-11H,12-14H2,1H3,(H,25,33)(H,26,27,32). The van der Waals surface area contributed by atoms with Crippen LogP contribution in [0.2, 0.25) is 0 Å². The van der Waals surface area contributed by atoms with Gasteiger partial charge in [-0.05, 0) is 43.3 Å². The maximum absolute atomic E-state index is 12.4. The fourth-order valence-corrected chi connectivity index (χ4v) is 4.90. The molecule has 9 nitrogen and oxygen atoms in total. The van der Waals surface area contributed by atoms with Crippen molar-refractivity contribution in [2.24, 2.45) is 0 Å². The maximum atomic E-state index is 12.4. The van der Waals surface area contributed by atoms with E-state index in [1.54, 1.807) is 16.6 Å². The van der Waals surface area contributed by atoms with Crippen molar-refractivity contribution in [2.75, 3.05) is 17.6 Å². The lowest BCUT2D eigenvalue weighted by Gasteiger charge is -2.05. The van der Waals surface area contributed by atoms with Crippen LogP contribution in [0.5, 0.6) is 0 Å². The Balaban J connectivity index is 1.17. The van der Waals surface area contributed by atoms with E-state index < -0.39 is 0 Å². The summed E-state index contributed by atoms with van der Waals surface area (Å²) < 4.78 is 2.67. The molecule has 0 bridgehead atoms. The Morgan fingerprint density at radius 3 is 2.69 bits per heavy atom. The van der Waals surface area contributed by atoms with E-state index in [1.165, 1.54) is 23.1 Å². The summed E-state index contributed by atoms with van der Waals surface area (Å²) >= 11 is 2.76.